The van der Waals surface area contributed by atoms with Gasteiger partial charge in [-0.2, -0.15) is 0 Å². The molecule has 3 N–H and O–H groups in total. The minimum absolute atomic E-state index is 0.0723. The summed E-state index contributed by atoms with van der Waals surface area (Å²) in [5, 5.41) is 20.1. The Morgan fingerprint density at radius 3 is 2.48 bits per heavy atom. The Hall–Kier alpha value is -3.21. The van der Waals surface area contributed by atoms with Crippen molar-refractivity contribution < 1.29 is 19.1 Å². The van der Waals surface area contributed by atoms with E-state index in [1.807, 2.05) is 24.8 Å². The average Bonchev–Trinajstić information content (AvgIpc) is 3.36. The molecule has 2 aromatic rings. The van der Waals surface area contributed by atoms with Gasteiger partial charge in [-0.25, -0.2) is 0 Å². The van der Waals surface area contributed by atoms with Crippen LogP contribution >= 0.6 is 11.8 Å². The maximum atomic E-state index is 13.0. The number of ether oxygens (including phenoxy) is 2. The predicted molar refractivity (Wildman–Crippen MR) is 159 cm³/mol. The fraction of sp³-hybridized carbons (Fsp3) is 0.467. The fourth-order valence-corrected chi connectivity index (χ4v) is 5.23. The predicted octanol–water partition coefficient (Wildman–Crippen LogP) is 4.75. The molecule has 2 heterocycles. The topological polar surface area (TPSA) is 119 Å². The van der Waals surface area contributed by atoms with E-state index in [1.165, 1.54) is 0 Å². The van der Waals surface area contributed by atoms with Crippen LogP contribution in [0.5, 0.6) is 11.5 Å². The Bertz CT molecular complexity index is 1210. The molecule has 0 aromatic heterocycles. The number of hydrogen-bond donors (Lipinski definition) is 3. The molecule has 0 saturated carbocycles. The van der Waals surface area contributed by atoms with Gasteiger partial charge >= 0.3 is 0 Å². The van der Waals surface area contributed by atoms with Crippen molar-refractivity contribution in [3.05, 3.63) is 59.2 Å². The zero-order valence-electron chi connectivity index (χ0n) is 23.3. The van der Waals surface area contributed by atoms with Gasteiger partial charge in [0.15, 0.2) is 0 Å². The van der Waals surface area contributed by atoms with Gasteiger partial charge in [-0.3, -0.25) is 25.3 Å². The summed E-state index contributed by atoms with van der Waals surface area (Å²) >= 11 is 1.15. The number of morpholine rings is 1. The van der Waals surface area contributed by atoms with Gasteiger partial charge in [-0.15, -0.1) is 0 Å². The van der Waals surface area contributed by atoms with Crippen LogP contribution in [0.2, 0.25) is 0 Å². The molecule has 214 valence electrons. The van der Waals surface area contributed by atoms with E-state index in [-0.39, 0.29) is 17.7 Å². The number of likely N-dealkylation sites (tertiary alicyclic amines) is 1. The summed E-state index contributed by atoms with van der Waals surface area (Å²) in [6, 6.07) is 12.6. The second-order valence-corrected chi connectivity index (χ2v) is 11.4. The number of nitrogens with one attached hydrogen (secondary N) is 3. The van der Waals surface area contributed by atoms with Crippen molar-refractivity contribution in [1.29, 1.82) is 10.8 Å². The minimum Gasteiger partial charge on any atom is -0.457 e. The van der Waals surface area contributed by atoms with Crippen LogP contribution in [-0.4, -0.2) is 77.6 Å². The molecule has 2 fully saturated rings. The van der Waals surface area contributed by atoms with E-state index in [0.717, 1.165) is 63.0 Å². The van der Waals surface area contributed by atoms with Gasteiger partial charge in [-0.1, -0.05) is 31.7 Å². The monoisotopic (exact) mass is 565 g/mol. The van der Waals surface area contributed by atoms with E-state index < -0.39 is 0 Å². The number of amides is 2. The first-order chi connectivity index (χ1) is 19.3. The maximum Gasteiger partial charge on any atom is 0.251 e. The number of benzene rings is 2. The number of thioether (sulfide) groups is 1. The van der Waals surface area contributed by atoms with Crippen LogP contribution < -0.4 is 10.1 Å². The Morgan fingerprint density at radius 1 is 1.07 bits per heavy atom. The molecule has 0 spiro atoms. The van der Waals surface area contributed by atoms with Gasteiger partial charge in [0.25, 0.3) is 5.91 Å². The molecule has 0 bridgehead atoms. The van der Waals surface area contributed by atoms with Gasteiger partial charge < -0.3 is 19.7 Å². The highest BCUT2D eigenvalue weighted by atomic mass is 32.2. The van der Waals surface area contributed by atoms with Crippen LogP contribution in [-0.2, 0) is 16.1 Å². The summed E-state index contributed by atoms with van der Waals surface area (Å²) in [5.41, 5.74) is 2.03. The lowest BCUT2D eigenvalue weighted by molar-refractivity contribution is -0.128. The first-order valence-corrected chi connectivity index (χ1v) is 14.7. The van der Waals surface area contributed by atoms with Crippen molar-refractivity contribution in [3.63, 3.8) is 0 Å². The van der Waals surface area contributed by atoms with Gasteiger partial charge in [0, 0.05) is 61.8 Å². The summed E-state index contributed by atoms with van der Waals surface area (Å²) in [6.07, 6.45) is 2.26. The van der Waals surface area contributed by atoms with E-state index in [0.29, 0.717) is 58.8 Å². The summed E-state index contributed by atoms with van der Waals surface area (Å²) in [6.45, 7) is 9.89. The molecular weight excluding hydrogens is 526 g/mol. The second kappa shape index (κ2) is 14.4. The number of carbonyl (C=O) groups excluding carboxylic acids is 2. The van der Waals surface area contributed by atoms with Crippen molar-refractivity contribution >= 4 is 33.7 Å². The molecule has 2 aliphatic rings. The van der Waals surface area contributed by atoms with Gasteiger partial charge in [0.05, 0.1) is 18.3 Å². The molecule has 4 rings (SSSR count). The largest absolute Gasteiger partial charge is 0.457 e. The highest BCUT2D eigenvalue weighted by molar-refractivity contribution is 8.26. The molecule has 2 saturated heterocycles. The van der Waals surface area contributed by atoms with Crippen molar-refractivity contribution in [2.45, 2.75) is 39.7 Å². The smallest absolute Gasteiger partial charge is 0.251 e. The average molecular weight is 566 g/mol. The van der Waals surface area contributed by atoms with E-state index in [2.05, 4.69) is 10.2 Å². The van der Waals surface area contributed by atoms with Crippen molar-refractivity contribution in [2.24, 2.45) is 5.92 Å². The summed E-state index contributed by atoms with van der Waals surface area (Å²) in [7, 11) is 0. The van der Waals surface area contributed by atoms with Gasteiger partial charge in [-0.05, 0) is 55.8 Å². The lowest BCUT2D eigenvalue weighted by atomic mass is 10.1. The van der Waals surface area contributed by atoms with E-state index in [1.54, 1.807) is 36.4 Å². The minimum atomic E-state index is -0.163. The third-order valence-electron chi connectivity index (χ3n) is 6.98. The third kappa shape index (κ3) is 8.39. The van der Waals surface area contributed by atoms with Gasteiger partial charge in [0.2, 0.25) is 5.91 Å². The highest BCUT2D eigenvalue weighted by Crippen LogP contribution is 2.30. The normalized spacial score (nSPS) is 15.9. The van der Waals surface area contributed by atoms with Crippen LogP contribution in [0.4, 0.5) is 0 Å². The molecule has 2 aliphatic heterocycles. The number of hydrogen-bond acceptors (Lipinski definition) is 8. The fourth-order valence-electron chi connectivity index (χ4n) is 4.52. The summed E-state index contributed by atoms with van der Waals surface area (Å²) < 4.78 is 11.6. The van der Waals surface area contributed by atoms with Crippen LogP contribution in [0.25, 0.3) is 0 Å². The molecular formula is C30H39N5O4S. The van der Waals surface area contributed by atoms with Crippen LogP contribution in [0.3, 0.4) is 0 Å². The molecule has 0 atom stereocenters. The maximum absolute atomic E-state index is 13.0. The summed E-state index contributed by atoms with van der Waals surface area (Å²) in [5.74, 6) is 1.13. The second-order valence-electron chi connectivity index (χ2n) is 10.4. The molecule has 2 aromatic carbocycles. The number of carbonyl (C=O) groups is 2. The Kier molecular flexibility index (Phi) is 10.7. The van der Waals surface area contributed by atoms with Crippen molar-refractivity contribution in [1.82, 2.24) is 15.1 Å². The molecule has 2 amide bonds. The van der Waals surface area contributed by atoms with E-state index in [9.17, 15) is 9.59 Å². The standard InChI is InChI=1S/C30H39N5O4S/c1-21(2)28(31)40-29(32)22-8-10-25(11-9-22)39-26-19-23(6-7-24(26)20-35-14-3-5-27(35)36)30(37)33-12-4-13-34-15-17-38-18-16-34/h6-11,19,21,31-32H,3-5,12-18,20H2,1-2H3,(H,33,37). The highest BCUT2D eigenvalue weighted by Gasteiger charge is 2.22. The molecule has 9 nitrogen and oxygen atoms in total. The molecule has 10 heteroatoms. The van der Waals surface area contributed by atoms with Crippen molar-refractivity contribution in [3.8, 4) is 11.5 Å². The number of nitrogens with zero attached hydrogens (tertiary/aromatic N) is 2. The Balaban J connectivity index is 1.43. The summed E-state index contributed by atoms with van der Waals surface area (Å²) in [4.78, 5) is 29.4. The lowest BCUT2D eigenvalue weighted by Crippen LogP contribution is -2.38. The molecule has 0 unspecified atom stereocenters. The molecule has 0 aliphatic carbocycles. The van der Waals surface area contributed by atoms with Crippen LogP contribution in [0.15, 0.2) is 42.5 Å². The Morgan fingerprint density at radius 2 is 1.80 bits per heavy atom. The Labute approximate surface area is 240 Å². The van der Waals surface area contributed by atoms with Crippen LogP contribution in [0, 0.1) is 16.7 Å². The zero-order chi connectivity index (χ0) is 28.5. The third-order valence-corrected chi connectivity index (χ3v) is 8.11. The van der Waals surface area contributed by atoms with Gasteiger partial charge in [0.1, 0.15) is 16.5 Å². The van der Waals surface area contributed by atoms with Crippen molar-refractivity contribution in [2.75, 3.05) is 45.9 Å². The van der Waals surface area contributed by atoms with E-state index in [4.69, 9.17) is 20.3 Å². The SMILES string of the molecule is CC(C)C(=N)SC(=N)c1ccc(Oc2cc(C(=O)NCCCN3CCOCC3)ccc2CN2CCCC2=O)cc1. The molecule has 0 radical (unpaired) electrons. The first kappa shape index (κ1) is 29.8. The first-order valence-electron chi connectivity index (χ1n) is 13.9. The zero-order valence-corrected chi connectivity index (χ0v) is 24.1. The quantitative estimate of drug-likeness (QED) is 0.206. The van der Waals surface area contributed by atoms with E-state index >= 15 is 0 Å². The van der Waals surface area contributed by atoms with Crippen LogP contribution in [0.1, 0.15) is 54.6 Å². The number of rotatable bonds is 11. The lowest BCUT2D eigenvalue weighted by Gasteiger charge is -2.26. The molecule has 40 heavy (non-hydrogen) atoms.